The molecule has 1 aliphatic heterocycles. The van der Waals surface area contributed by atoms with Crippen LogP contribution in [0, 0.1) is 59.3 Å². The fourth-order valence-corrected chi connectivity index (χ4v) is 6.21. The highest BCUT2D eigenvalue weighted by Gasteiger charge is 2.54. The van der Waals surface area contributed by atoms with Crippen molar-refractivity contribution < 1.29 is 39.5 Å². The molecule has 0 bridgehead atoms. The van der Waals surface area contributed by atoms with E-state index in [-0.39, 0.29) is 17.3 Å². The lowest BCUT2D eigenvalue weighted by molar-refractivity contribution is 0.379. The van der Waals surface area contributed by atoms with Gasteiger partial charge in [-0.1, -0.05) is 38.1 Å². The van der Waals surface area contributed by atoms with Crippen molar-refractivity contribution in [2.75, 3.05) is 4.90 Å². The van der Waals surface area contributed by atoms with Gasteiger partial charge < -0.3 is 4.90 Å². The van der Waals surface area contributed by atoms with E-state index in [0.29, 0.717) is 11.1 Å². The molecule has 2 unspecified atom stereocenters. The molecule has 0 saturated carbocycles. The molecule has 6 rings (SSSR count). The van der Waals surface area contributed by atoms with Crippen LogP contribution in [0.1, 0.15) is 42.0 Å². The molecule has 0 spiro atoms. The quantitative estimate of drug-likeness (QED) is 0.137. The zero-order valence-electron chi connectivity index (χ0n) is 20.4. The van der Waals surface area contributed by atoms with Crippen LogP contribution in [0.2, 0.25) is 0 Å². The van der Waals surface area contributed by atoms with Crippen molar-refractivity contribution in [1.29, 1.82) is 0 Å². The molecule has 1 heterocycles. The molecule has 200 valence electrons. The van der Waals surface area contributed by atoms with Gasteiger partial charge >= 0.3 is 0 Å². The van der Waals surface area contributed by atoms with Gasteiger partial charge in [-0.25, -0.2) is 39.5 Å². The van der Waals surface area contributed by atoms with Crippen LogP contribution in [0.5, 0.6) is 0 Å². The Balaban J connectivity index is 1.69. The van der Waals surface area contributed by atoms with E-state index in [4.69, 9.17) is 0 Å². The molecule has 10 heteroatoms. The fourth-order valence-electron chi connectivity index (χ4n) is 6.21. The normalized spacial score (nSPS) is 19.1. The van der Waals surface area contributed by atoms with Gasteiger partial charge in [0.25, 0.3) is 0 Å². The van der Waals surface area contributed by atoms with Crippen LogP contribution in [0.4, 0.5) is 56.6 Å². The summed E-state index contributed by atoms with van der Waals surface area (Å²) in [4.78, 5) is 0.980. The number of fused-ring (bicyclic) bond motifs is 2. The van der Waals surface area contributed by atoms with Crippen molar-refractivity contribution in [3.63, 3.8) is 0 Å². The Bertz CT molecular complexity index is 1710. The van der Waals surface area contributed by atoms with E-state index < -0.39 is 74.6 Å². The highest BCUT2D eigenvalue weighted by molar-refractivity contribution is 5.91. The molecule has 1 nitrogen and oxygen atoms in total. The topological polar surface area (TPSA) is 3.24 Å². The summed E-state index contributed by atoms with van der Waals surface area (Å²) in [7, 11) is 0. The van der Waals surface area contributed by atoms with Gasteiger partial charge in [0.05, 0.1) is 22.5 Å². The molecule has 1 aliphatic carbocycles. The van der Waals surface area contributed by atoms with Crippen molar-refractivity contribution in [1.82, 2.24) is 0 Å². The highest BCUT2D eigenvalue weighted by Crippen LogP contribution is 2.65. The molecular weight excluding hydrogens is 533 g/mol. The summed E-state index contributed by atoms with van der Waals surface area (Å²) >= 11 is 0. The maximum atomic E-state index is 15.8. The Hall–Kier alpha value is -3.95. The first-order valence-electron chi connectivity index (χ1n) is 11.8. The molecule has 4 aromatic rings. The minimum atomic E-state index is -2.61. The van der Waals surface area contributed by atoms with Gasteiger partial charge in [0, 0.05) is 5.41 Å². The molecule has 39 heavy (non-hydrogen) atoms. The summed E-state index contributed by atoms with van der Waals surface area (Å²) in [6.45, 7) is 5.71. The average Bonchev–Trinajstić information content (AvgIpc) is 2.92. The lowest BCUT2D eigenvalue weighted by atomic mass is 9.52. The second-order valence-corrected chi connectivity index (χ2v) is 9.89. The minimum Gasteiger partial charge on any atom is -0.304 e. The van der Waals surface area contributed by atoms with Gasteiger partial charge in [-0.3, -0.25) is 0 Å². The van der Waals surface area contributed by atoms with Crippen LogP contribution >= 0.6 is 0 Å². The van der Waals surface area contributed by atoms with Crippen LogP contribution in [-0.2, 0) is 5.41 Å². The van der Waals surface area contributed by atoms with Crippen molar-refractivity contribution in [2.45, 2.75) is 32.1 Å². The number of aryl methyl sites for hydroxylation is 1. The van der Waals surface area contributed by atoms with Crippen molar-refractivity contribution >= 4 is 17.1 Å². The maximum absolute atomic E-state index is 15.8. The molecule has 0 saturated heterocycles. The molecule has 4 aromatic carbocycles. The Morgan fingerprint density at radius 3 is 1.56 bits per heavy atom. The zero-order valence-corrected chi connectivity index (χ0v) is 20.4. The number of hydrogen-bond acceptors (Lipinski definition) is 1. The second-order valence-electron chi connectivity index (χ2n) is 9.89. The van der Waals surface area contributed by atoms with Crippen LogP contribution in [0.15, 0.2) is 36.4 Å². The molecule has 2 aliphatic rings. The number of rotatable bonds is 2. The third-order valence-corrected chi connectivity index (χ3v) is 8.10. The summed E-state index contributed by atoms with van der Waals surface area (Å²) in [5.41, 5.74) is -2.62. The standard InChI is InChI=1S/C29H16F9N/c1-10-6-4-8-13-17(10)29(3)11(2)12-7-5-9-14(18(12)29)39(13)28-26(37)21(32)16(22(33)27(28)38)15-19(30)23(34)25(36)24(35)20(15)31/h4-9,11H,1-3H3. The van der Waals surface area contributed by atoms with Crippen LogP contribution in [0.25, 0.3) is 11.1 Å². The van der Waals surface area contributed by atoms with E-state index in [1.165, 1.54) is 12.1 Å². The molecule has 0 radical (unpaired) electrons. The maximum Gasteiger partial charge on any atom is 0.200 e. The van der Waals surface area contributed by atoms with Gasteiger partial charge in [-0.2, -0.15) is 0 Å². The lowest BCUT2D eigenvalue weighted by Gasteiger charge is -2.55. The van der Waals surface area contributed by atoms with Gasteiger partial charge in [-0.15, -0.1) is 0 Å². The molecule has 0 N–H and O–H groups in total. The number of hydrogen-bond donors (Lipinski definition) is 0. The summed E-state index contributed by atoms with van der Waals surface area (Å²) in [6, 6.07) is 9.84. The molecule has 0 aromatic heterocycles. The third-order valence-electron chi connectivity index (χ3n) is 8.10. The molecule has 0 amide bonds. The molecule has 2 atom stereocenters. The van der Waals surface area contributed by atoms with Crippen molar-refractivity contribution in [3.05, 3.63) is 111 Å². The minimum absolute atomic E-state index is 0.00536. The summed E-state index contributed by atoms with van der Waals surface area (Å²) < 4.78 is 132. The van der Waals surface area contributed by atoms with Crippen LogP contribution in [0.3, 0.4) is 0 Å². The zero-order chi connectivity index (χ0) is 28.3. The highest BCUT2D eigenvalue weighted by atomic mass is 19.2. The average molecular weight is 549 g/mol. The van der Waals surface area contributed by atoms with E-state index in [0.717, 1.165) is 16.0 Å². The number of benzene rings is 4. The monoisotopic (exact) mass is 549 g/mol. The van der Waals surface area contributed by atoms with E-state index in [1.807, 2.05) is 19.9 Å². The predicted octanol–water partition coefficient (Wildman–Crippen LogP) is 9.12. The first kappa shape index (κ1) is 25.3. The largest absolute Gasteiger partial charge is 0.304 e. The van der Waals surface area contributed by atoms with Crippen LogP contribution < -0.4 is 4.90 Å². The third kappa shape index (κ3) is 2.89. The summed E-state index contributed by atoms with van der Waals surface area (Å²) in [5.74, 6) is -21.7. The SMILES string of the molecule is Cc1cccc2c1C1(C)c3c(cccc3N2c2c(F)c(F)c(-c3c(F)c(F)c(F)c(F)c3F)c(F)c2F)C1C. The van der Waals surface area contributed by atoms with Crippen LogP contribution in [-0.4, -0.2) is 0 Å². The van der Waals surface area contributed by atoms with Gasteiger partial charge in [0.2, 0.25) is 5.82 Å². The summed E-state index contributed by atoms with van der Waals surface area (Å²) in [5, 5.41) is 0. The second kappa shape index (κ2) is 8.03. The van der Waals surface area contributed by atoms with E-state index in [1.54, 1.807) is 25.1 Å². The lowest BCUT2D eigenvalue weighted by Crippen LogP contribution is -2.46. The Kier molecular flexibility index (Phi) is 5.22. The Morgan fingerprint density at radius 2 is 1.03 bits per heavy atom. The number of nitrogens with zero attached hydrogens (tertiary/aromatic N) is 1. The van der Waals surface area contributed by atoms with Gasteiger partial charge in [0.1, 0.15) is 5.69 Å². The number of halogens is 9. The fraction of sp³-hybridized carbons (Fsp3) is 0.172. The van der Waals surface area contributed by atoms with E-state index in [2.05, 4.69) is 0 Å². The smallest absolute Gasteiger partial charge is 0.200 e. The van der Waals surface area contributed by atoms with Gasteiger partial charge in [0.15, 0.2) is 46.5 Å². The van der Waals surface area contributed by atoms with Gasteiger partial charge in [-0.05, 0) is 47.2 Å². The molecular formula is C29H16F9N. The molecule has 0 fully saturated rings. The van der Waals surface area contributed by atoms with Crippen molar-refractivity contribution in [2.24, 2.45) is 0 Å². The number of anilines is 3. The first-order valence-corrected chi connectivity index (χ1v) is 11.8. The summed E-state index contributed by atoms with van der Waals surface area (Å²) in [6.07, 6.45) is 0. The predicted molar refractivity (Wildman–Crippen MR) is 126 cm³/mol. The van der Waals surface area contributed by atoms with E-state index >= 15 is 17.6 Å². The Morgan fingerprint density at radius 1 is 0.590 bits per heavy atom. The van der Waals surface area contributed by atoms with E-state index in [9.17, 15) is 22.0 Å². The Labute approximate surface area is 216 Å². The first-order chi connectivity index (χ1) is 18.3. The van der Waals surface area contributed by atoms with Crippen molar-refractivity contribution in [3.8, 4) is 11.1 Å².